The number of nitrogens with zero attached hydrogens (tertiary/aromatic N) is 5. The number of ether oxygens (including phenoxy) is 2. The maximum Gasteiger partial charge on any atom is 0.351 e. The van der Waals surface area contributed by atoms with Crippen LogP contribution in [0.5, 0.6) is 0 Å². The van der Waals surface area contributed by atoms with Crippen LogP contribution in [0.15, 0.2) is 6.20 Å². The van der Waals surface area contributed by atoms with Crippen LogP contribution in [-0.2, 0) is 35.5 Å². The average molecular weight is 474 g/mol. The first-order valence-electron chi connectivity index (χ1n) is 11.6. The van der Waals surface area contributed by atoms with Gasteiger partial charge in [0.2, 0.25) is 0 Å². The van der Waals surface area contributed by atoms with E-state index in [-0.39, 0.29) is 5.97 Å². The van der Waals surface area contributed by atoms with Crippen molar-refractivity contribution in [1.29, 1.82) is 0 Å². The molecule has 0 atom stereocenters. The van der Waals surface area contributed by atoms with Gasteiger partial charge in [0.15, 0.2) is 10.5 Å². The van der Waals surface area contributed by atoms with Gasteiger partial charge in [-0.15, -0.1) is 5.10 Å². The van der Waals surface area contributed by atoms with Gasteiger partial charge < -0.3 is 20.1 Å². The van der Waals surface area contributed by atoms with E-state index < -0.39 is 0 Å². The molecule has 0 unspecified atom stereocenters. The number of rotatable bonds is 10. The Kier molecular flexibility index (Phi) is 7.84. The Hall–Kier alpha value is -2.63. The van der Waals surface area contributed by atoms with E-state index >= 15 is 0 Å². The van der Waals surface area contributed by atoms with Crippen molar-refractivity contribution in [3.63, 3.8) is 0 Å². The summed E-state index contributed by atoms with van der Waals surface area (Å²) in [4.78, 5) is 17.6. The van der Waals surface area contributed by atoms with Gasteiger partial charge in [0.25, 0.3) is 0 Å². The Morgan fingerprint density at radius 3 is 2.79 bits per heavy atom. The van der Waals surface area contributed by atoms with E-state index in [2.05, 4.69) is 39.2 Å². The van der Waals surface area contributed by atoms with Gasteiger partial charge in [-0.1, -0.05) is 11.4 Å². The first-order chi connectivity index (χ1) is 16.2. The molecule has 1 aliphatic rings. The Morgan fingerprint density at radius 1 is 1.24 bits per heavy atom. The van der Waals surface area contributed by atoms with Crippen molar-refractivity contribution in [3.05, 3.63) is 28.0 Å². The Balaban J connectivity index is 1.61. The normalized spacial score (nSPS) is 14.6. The molecule has 1 saturated heterocycles. The van der Waals surface area contributed by atoms with Crippen molar-refractivity contribution in [2.45, 2.75) is 65.7 Å². The topological polar surface area (TPSA) is 116 Å². The van der Waals surface area contributed by atoms with Gasteiger partial charge in [-0.2, -0.15) is 5.10 Å². The van der Waals surface area contributed by atoms with Gasteiger partial charge in [0.05, 0.1) is 23.9 Å². The first kappa shape index (κ1) is 23.5. The van der Waals surface area contributed by atoms with Crippen molar-refractivity contribution in [1.82, 2.24) is 29.7 Å². The molecule has 0 amide bonds. The zero-order chi connectivity index (χ0) is 23.2. The smallest absolute Gasteiger partial charge is 0.351 e. The zero-order valence-corrected chi connectivity index (χ0v) is 20.2. The van der Waals surface area contributed by atoms with Crippen molar-refractivity contribution < 1.29 is 14.3 Å². The second kappa shape index (κ2) is 11.0. The second-order valence-electron chi connectivity index (χ2n) is 7.87. The number of aromatic nitrogens is 5. The zero-order valence-electron chi connectivity index (χ0n) is 19.4. The largest absolute Gasteiger partial charge is 0.462 e. The molecule has 0 bridgehead atoms. The Labute approximate surface area is 197 Å². The molecule has 3 aromatic heterocycles. The number of nitrogens with one attached hydrogen (secondary N) is 2. The quantitative estimate of drug-likeness (QED) is 0.429. The fourth-order valence-corrected chi connectivity index (χ4v) is 4.66. The fraction of sp³-hybridized carbons (Fsp3) is 0.591. The minimum absolute atomic E-state index is 0.321. The number of anilines is 1. The summed E-state index contributed by atoms with van der Waals surface area (Å²) in [5.74, 6) is -0.379. The number of carbonyl (C=O) groups excluding carboxylic acids is 1. The highest BCUT2D eigenvalue weighted by atomic mass is 32.1. The summed E-state index contributed by atoms with van der Waals surface area (Å²) in [7, 11) is 0. The second-order valence-corrected chi connectivity index (χ2v) is 8.62. The summed E-state index contributed by atoms with van der Waals surface area (Å²) < 4.78 is 16.5. The predicted molar refractivity (Wildman–Crippen MR) is 126 cm³/mol. The molecule has 3 aromatic rings. The van der Waals surface area contributed by atoms with Crippen LogP contribution in [0.1, 0.15) is 60.2 Å². The van der Waals surface area contributed by atoms with E-state index in [0.717, 1.165) is 78.5 Å². The van der Waals surface area contributed by atoms with Crippen LogP contribution < -0.4 is 10.6 Å². The number of hydrogen-bond donors (Lipinski definition) is 2. The van der Waals surface area contributed by atoms with Gasteiger partial charge in [0, 0.05) is 50.1 Å². The van der Waals surface area contributed by atoms with Gasteiger partial charge in [0.1, 0.15) is 5.69 Å². The van der Waals surface area contributed by atoms with Crippen LogP contribution >= 0.6 is 11.5 Å². The molecule has 178 valence electrons. The average Bonchev–Trinajstić information content (AvgIpc) is 3.47. The first-order valence-corrected chi connectivity index (χ1v) is 12.3. The van der Waals surface area contributed by atoms with Crippen LogP contribution in [0, 0.1) is 0 Å². The molecule has 11 heteroatoms. The maximum atomic E-state index is 12.2. The molecular formula is C22H31N7O3S. The van der Waals surface area contributed by atoms with Crippen molar-refractivity contribution in [2.24, 2.45) is 0 Å². The van der Waals surface area contributed by atoms with Crippen LogP contribution in [0.4, 0.5) is 5.69 Å². The monoisotopic (exact) mass is 473 g/mol. The number of pyridine rings is 1. The third-order valence-electron chi connectivity index (χ3n) is 5.79. The molecule has 1 aliphatic heterocycles. The predicted octanol–water partition coefficient (Wildman–Crippen LogP) is 2.92. The number of carbonyl (C=O) groups is 1. The van der Waals surface area contributed by atoms with Gasteiger partial charge >= 0.3 is 5.97 Å². The van der Waals surface area contributed by atoms with E-state index in [4.69, 9.17) is 14.5 Å². The summed E-state index contributed by atoms with van der Waals surface area (Å²) in [6.07, 6.45) is 4.64. The maximum absolute atomic E-state index is 12.2. The third-order valence-corrected chi connectivity index (χ3v) is 6.54. The minimum Gasteiger partial charge on any atom is -0.462 e. The number of hydrogen-bond acceptors (Lipinski definition) is 10. The molecule has 10 nitrogen and oxygen atoms in total. The van der Waals surface area contributed by atoms with Crippen molar-refractivity contribution >= 4 is 34.2 Å². The van der Waals surface area contributed by atoms with E-state index in [1.165, 1.54) is 0 Å². The lowest BCUT2D eigenvalue weighted by atomic mass is 10.0. The van der Waals surface area contributed by atoms with Gasteiger partial charge in [-0.3, -0.25) is 0 Å². The number of aryl methyl sites for hydroxylation is 2. The molecule has 2 N–H and O–H groups in total. The van der Waals surface area contributed by atoms with Crippen LogP contribution in [0.3, 0.4) is 0 Å². The molecule has 0 spiro atoms. The molecule has 0 radical (unpaired) electrons. The molecular weight excluding hydrogens is 442 g/mol. The molecule has 0 aromatic carbocycles. The summed E-state index contributed by atoms with van der Waals surface area (Å²) in [5.41, 5.74) is 4.73. The molecule has 1 fully saturated rings. The van der Waals surface area contributed by atoms with Crippen LogP contribution in [-0.4, -0.2) is 56.2 Å². The highest BCUT2D eigenvalue weighted by Gasteiger charge is 2.22. The lowest BCUT2D eigenvalue weighted by Crippen LogP contribution is -2.29. The lowest BCUT2D eigenvalue weighted by Gasteiger charge is -2.26. The third kappa shape index (κ3) is 5.15. The van der Waals surface area contributed by atoms with E-state index in [0.29, 0.717) is 36.3 Å². The van der Waals surface area contributed by atoms with E-state index in [1.807, 2.05) is 10.9 Å². The Bertz CT molecular complexity index is 1090. The van der Waals surface area contributed by atoms with Crippen molar-refractivity contribution in [2.75, 3.05) is 25.1 Å². The SMILES string of the molecule is CCOC(=O)c1snnc1CNCc1c(CC)nc2c(cnn2CC)c1NC1CCOCC1. The highest BCUT2D eigenvalue weighted by Crippen LogP contribution is 2.31. The Morgan fingerprint density at radius 2 is 2.06 bits per heavy atom. The highest BCUT2D eigenvalue weighted by molar-refractivity contribution is 7.07. The minimum atomic E-state index is -0.379. The fourth-order valence-electron chi connectivity index (χ4n) is 4.08. The van der Waals surface area contributed by atoms with Crippen molar-refractivity contribution in [3.8, 4) is 0 Å². The lowest BCUT2D eigenvalue weighted by molar-refractivity contribution is 0.0530. The van der Waals surface area contributed by atoms with E-state index in [1.54, 1.807) is 6.92 Å². The summed E-state index contributed by atoms with van der Waals surface area (Å²) >= 11 is 1.06. The number of esters is 1. The van der Waals surface area contributed by atoms with E-state index in [9.17, 15) is 4.79 Å². The standard InChI is InChI=1S/C22H31N7O3S/c1-4-17-15(11-23-13-18-20(33-28-27-18)22(30)32-6-3)19(25-14-7-9-31-10-8-14)16-12-24-29(5-2)21(16)26-17/h12,14,23H,4-11,13H2,1-3H3,(H,25,26). The molecule has 4 heterocycles. The molecule has 0 aliphatic carbocycles. The van der Waals surface area contributed by atoms with Crippen LogP contribution in [0.25, 0.3) is 11.0 Å². The summed E-state index contributed by atoms with van der Waals surface area (Å²) in [5, 5.41) is 16.9. The molecule has 33 heavy (non-hydrogen) atoms. The number of fused-ring (bicyclic) bond motifs is 1. The van der Waals surface area contributed by atoms with Crippen LogP contribution in [0.2, 0.25) is 0 Å². The summed E-state index contributed by atoms with van der Waals surface area (Å²) in [6, 6.07) is 0.343. The van der Waals surface area contributed by atoms with Gasteiger partial charge in [-0.05, 0) is 44.6 Å². The summed E-state index contributed by atoms with van der Waals surface area (Å²) in [6.45, 7) is 9.58. The molecule has 4 rings (SSSR count). The van der Waals surface area contributed by atoms with Gasteiger partial charge in [-0.25, -0.2) is 14.5 Å². The molecule has 0 saturated carbocycles.